The molecule has 24 heavy (non-hydrogen) atoms. The summed E-state index contributed by atoms with van der Waals surface area (Å²) < 4.78 is 0. The largest absolute Gasteiger partial charge is 0.368 e. The first kappa shape index (κ1) is 15.4. The van der Waals surface area contributed by atoms with Crippen molar-refractivity contribution in [1.29, 1.82) is 0 Å². The molecule has 1 fully saturated rings. The molecule has 2 aromatic heterocycles. The Morgan fingerprint density at radius 2 is 1.88 bits per heavy atom. The molecule has 4 rings (SSSR count). The molecule has 5 heteroatoms. The van der Waals surface area contributed by atoms with E-state index in [1.807, 2.05) is 36.8 Å². The zero-order valence-corrected chi connectivity index (χ0v) is 14.2. The molecule has 0 amide bonds. The summed E-state index contributed by atoms with van der Waals surface area (Å²) in [6.07, 6.45) is 5.64. The van der Waals surface area contributed by atoms with Gasteiger partial charge in [0.15, 0.2) is 0 Å². The Morgan fingerprint density at radius 3 is 2.67 bits per heavy atom. The lowest BCUT2D eigenvalue weighted by molar-refractivity contribution is 0.250. The molecule has 3 aromatic rings. The van der Waals surface area contributed by atoms with Gasteiger partial charge in [-0.1, -0.05) is 17.7 Å². The molecule has 3 heterocycles. The van der Waals surface area contributed by atoms with Gasteiger partial charge in [-0.3, -0.25) is 14.9 Å². The van der Waals surface area contributed by atoms with Crippen LogP contribution in [0.4, 0.5) is 5.69 Å². The molecule has 1 aliphatic heterocycles. The first-order chi connectivity index (χ1) is 11.8. The molecule has 0 radical (unpaired) electrons. The Balaban J connectivity index is 1.48. The van der Waals surface area contributed by atoms with Crippen molar-refractivity contribution < 1.29 is 0 Å². The van der Waals surface area contributed by atoms with Gasteiger partial charge in [0.1, 0.15) is 0 Å². The molecule has 0 saturated carbocycles. The van der Waals surface area contributed by atoms with Crippen LogP contribution in [0.2, 0.25) is 5.02 Å². The number of halogens is 1. The number of piperazine rings is 1. The van der Waals surface area contributed by atoms with Crippen LogP contribution in [0.1, 0.15) is 5.56 Å². The molecule has 0 aliphatic carbocycles. The predicted octanol–water partition coefficient (Wildman–Crippen LogP) is 3.61. The molecular weight excluding hydrogens is 320 g/mol. The Labute approximate surface area is 146 Å². The lowest BCUT2D eigenvalue weighted by Gasteiger charge is -2.36. The molecule has 0 N–H and O–H groups in total. The summed E-state index contributed by atoms with van der Waals surface area (Å²) in [7, 11) is 0. The number of hydrogen-bond acceptors (Lipinski definition) is 4. The van der Waals surface area contributed by atoms with E-state index in [1.54, 1.807) is 0 Å². The van der Waals surface area contributed by atoms with Gasteiger partial charge in [0.2, 0.25) is 0 Å². The molecule has 122 valence electrons. The van der Waals surface area contributed by atoms with Crippen molar-refractivity contribution in [3.8, 4) is 0 Å². The van der Waals surface area contributed by atoms with Crippen molar-refractivity contribution >= 4 is 28.2 Å². The molecule has 0 spiro atoms. The van der Waals surface area contributed by atoms with Gasteiger partial charge >= 0.3 is 0 Å². The van der Waals surface area contributed by atoms with Crippen LogP contribution in [-0.2, 0) is 6.54 Å². The van der Waals surface area contributed by atoms with Crippen molar-refractivity contribution in [1.82, 2.24) is 14.9 Å². The number of pyridine rings is 2. The number of hydrogen-bond donors (Lipinski definition) is 0. The van der Waals surface area contributed by atoms with Crippen LogP contribution in [0.15, 0.2) is 55.0 Å². The minimum atomic E-state index is 0.730. The summed E-state index contributed by atoms with van der Waals surface area (Å²) in [4.78, 5) is 13.6. The minimum absolute atomic E-state index is 0.730. The quantitative estimate of drug-likeness (QED) is 0.730. The second-order valence-corrected chi connectivity index (χ2v) is 6.55. The number of nitrogens with zero attached hydrogens (tertiary/aromatic N) is 4. The fraction of sp³-hybridized carbons (Fsp3) is 0.263. The number of aromatic nitrogens is 2. The summed E-state index contributed by atoms with van der Waals surface area (Å²) >= 11 is 6.09. The standard InChI is InChI=1S/C19H19ClN4/c20-16-3-4-17-18(12-16)22-7-5-19(17)24-10-8-23(9-11-24)14-15-2-1-6-21-13-15/h1-7,12-13H,8-11,14H2. The van der Waals surface area contributed by atoms with Crippen molar-refractivity contribution in [3.63, 3.8) is 0 Å². The SMILES string of the molecule is Clc1ccc2c(N3CCN(Cc4cccnc4)CC3)ccnc2c1. The molecule has 1 aromatic carbocycles. The highest BCUT2D eigenvalue weighted by molar-refractivity contribution is 6.31. The Kier molecular flexibility index (Phi) is 4.32. The third-order valence-electron chi connectivity index (χ3n) is 4.52. The Morgan fingerprint density at radius 1 is 1.00 bits per heavy atom. The smallest absolute Gasteiger partial charge is 0.0737 e. The van der Waals surface area contributed by atoms with E-state index >= 15 is 0 Å². The molecule has 1 aliphatic rings. The fourth-order valence-corrected chi connectivity index (χ4v) is 3.44. The summed E-state index contributed by atoms with van der Waals surface area (Å²) in [6.45, 7) is 5.09. The van der Waals surface area contributed by atoms with Gasteiger partial charge in [0, 0.05) is 67.4 Å². The summed E-state index contributed by atoms with van der Waals surface area (Å²) in [5.74, 6) is 0. The third kappa shape index (κ3) is 3.21. The molecule has 0 unspecified atom stereocenters. The average Bonchev–Trinajstić information content (AvgIpc) is 2.62. The van der Waals surface area contributed by atoms with Crippen LogP contribution in [0.25, 0.3) is 10.9 Å². The van der Waals surface area contributed by atoms with Crippen LogP contribution in [0.3, 0.4) is 0 Å². The molecule has 1 saturated heterocycles. The maximum atomic E-state index is 6.09. The predicted molar refractivity (Wildman–Crippen MR) is 98.5 cm³/mol. The van der Waals surface area contributed by atoms with Crippen LogP contribution < -0.4 is 4.90 Å². The topological polar surface area (TPSA) is 32.3 Å². The zero-order valence-electron chi connectivity index (χ0n) is 13.4. The Bertz CT molecular complexity index is 829. The lowest BCUT2D eigenvalue weighted by Crippen LogP contribution is -2.46. The summed E-state index contributed by atoms with van der Waals surface area (Å²) in [5, 5.41) is 1.90. The first-order valence-corrected chi connectivity index (χ1v) is 8.58. The molecule has 0 bridgehead atoms. The number of anilines is 1. The van der Waals surface area contributed by atoms with Gasteiger partial charge < -0.3 is 4.90 Å². The second kappa shape index (κ2) is 6.75. The average molecular weight is 339 g/mol. The van der Waals surface area contributed by atoms with Gasteiger partial charge in [0.05, 0.1) is 5.52 Å². The van der Waals surface area contributed by atoms with Crippen LogP contribution in [0, 0.1) is 0 Å². The van der Waals surface area contributed by atoms with Crippen molar-refractivity contribution in [2.24, 2.45) is 0 Å². The zero-order chi connectivity index (χ0) is 16.4. The van der Waals surface area contributed by atoms with E-state index in [4.69, 9.17) is 11.6 Å². The molecule has 0 atom stereocenters. The highest BCUT2D eigenvalue weighted by Gasteiger charge is 2.19. The Hall–Kier alpha value is -2.17. The summed E-state index contributed by atoms with van der Waals surface area (Å²) in [6, 6.07) is 12.2. The monoisotopic (exact) mass is 338 g/mol. The fourth-order valence-electron chi connectivity index (χ4n) is 3.28. The van der Waals surface area contributed by atoms with Crippen molar-refractivity contribution in [2.45, 2.75) is 6.54 Å². The van der Waals surface area contributed by atoms with E-state index in [0.29, 0.717) is 0 Å². The number of benzene rings is 1. The number of rotatable bonds is 3. The highest BCUT2D eigenvalue weighted by atomic mass is 35.5. The molecular formula is C19H19ClN4. The number of fused-ring (bicyclic) bond motifs is 1. The van der Waals surface area contributed by atoms with Gasteiger partial charge in [0.25, 0.3) is 0 Å². The van der Waals surface area contributed by atoms with E-state index in [2.05, 4.69) is 38.0 Å². The third-order valence-corrected chi connectivity index (χ3v) is 4.76. The van der Waals surface area contributed by atoms with Gasteiger partial charge in [-0.2, -0.15) is 0 Å². The first-order valence-electron chi connectivity index (χ1n) is 8.20. The normalized spacial score (nSPS) is 15.8. The van der Waals surface area contributed by atoms with E-state index in [0.717, 1.165) is 43.3 Å². The maximum Gasteiger partial charge on any atom is 0.0737 e. The van der Waals surface area contributed by atoms with E-state index in [-0.39, 0.29) is 0 Å². The molecule has 4 nitrogen and oxygen atoms in total. The van der Waals surface area contributed by atoms with Gasteiger partial charge in [-0.15, -0.1) is 0 Å². The van der Waals surface area contributed by atoms with Crippen LogP contribution in [0.5, 0.6) is 0 Å². The highest BCUT2D eigenvalue weighted by Crippen LogP contribution is 2.28. The van der Waals surface area contributed by atoms with Crippen LogP contribution in [-0.4, -0.2) is 41.0 Å². The minimum Gasteiger partial charge on any atom is -0.368 e. The van der Waals surface area contributed by atoms with E-state index < -0.39 is 0 Å². The summed E-state index contributed by atoms with van der Waals surface area (Å²) in [5.41, 5.74) is 3.48. The van der Waals surface area contributed by atoms with E-state index in [9.17, 15) is 0 Å². The second-order valence-electron chi connectivity index (χ2n) is 6.12. The van der Waals surface area contributed by atoms with Crippen molar-refractivity contribution in [2.75, 3.05) is 31.1 Å². The van der Waals surface area contributed by atoms with Crippen LogP contribution >= 0.6 is 11.6 Å². The van der Waals surface area contributed by atoms with Crippen molar-refractivity contribution in [3.05, 3.63) is 65.6 Å². The van der Waals surface area contributed by atoms with Gasteiger partial charge in [-0.05, 0) is 35.9 Å². The maximum absolute atomic E-state index is 6.09. The van der Waals surface area contributed by atoms with E-state index in [1.165, 1.54) is 16.6 Å². The lowest BCUT2D eigenvalue weighted by atomic mass is 10.1. The van der Waals surface area contributed by atoms with Gasteiger partial charge in [-0.25, -0.2) is 0 Å².